The van der Waals surface area contributed by atoms with Gasteiger partial charge in [-0.05, 0) is 37.0 Å². The molecule has 98 valence electrons. The Hall–Kier alpha value is -0.800. The summed E-state index contributed by atoms with van der Waals surface area (Å²) in [6.07, 6.45) is 3.03. The minimum absolute atomic E-state index is 0.0195. The summed E-state index contributed by atoms with van der Waals surface area (Å²) in [5.74, 6) is 0.00454. The molecule has 0 heterocycles. The van der Waals surface area contributed by atoms with Crippen LogP contribution in [0.3, 0.4) is 0 Å². The molecular weight excluding hydrogens is 276 g/mol. The first kappa shape index (κ1) is 13.6. The van der Waals surface area contributed by atoms with Gasteiger partial charge in [-0.25, -0.2) is 4.39 Å². The van der Waals surface area contributed by atoms with Crippen LogP contribution in [-0.4, -0.2) is 17.8 Å². The largest absolute Gasteiger partial charge is 0.349 e. The normalized spacial score (nSPS) is 23.1. The van der Waals surface area contributed by atoms with Gasteiger partial charge < -0.3 is 5.32 Å². The lowest BCUT2D eigenvalue weighted by Gasteiger charge is -2.18. The number of benzene rings is 1. The summed E-state index contributed by atoms with van der Waals surface area (Å²) < 4.78 is 13.3. The van der Waals surface area contributed by atoms with Gasteiger partial charge in [-0.15, -0.1) is 11.6 Å². The van der Waals surface area contributed by atoms with E-state index in [0.717, 1.165) is 25.3 Å². The number of carbonyl (C=O) groups is 1. The van der Waals surface area contributed by atoms with E-state index < -0.39 is 5.82 Å². The highest BCUT2D eigenvalue weighted by molar-refractivity contribution is 6.30. The molecule has 1 saturated carbocycles. The Bertz CT molecular complexity index is 453. The Morgan fingerprint density at radius 1 is 1.44 bits per heavy atom. The summed E-state index contributed by atoms with van der Waals surface area (Å²) in [4.78, 5) is 12.0. The first-order valence-corrected chi connectivity index (χ1v) is 6.85. The molecule has 0 radical (unpaired) electrons. The maximum atomic E-state index is 13.3. The maximum absolute atomic E-state index is 13.3. The van der Waals surface area contributed by atoms with Crippen LogP contribution in [0, 0.1) is 11.7 Å². The van der Waals surface area contributed by atoms with Gasteiger partial charge in [0.05, 0.1) is 5.02 Å². The van der Waals surface area contributed by atoms with Gasteiger partial charge in [0.25, 0.3) is 5.91 Å². The third-order valence-electron chi connectivity index (χ3n) is 3.36. The summed E-state index contributed by atoms with van der Waals surface area (Å²) in [6, 6.07) is 4.15. The van der Waals surface area contributed by atoms with Crippen molar-refractivity contribution in [2.45, 2.75) is 25.3 Å². The third-order valence-corrected chi connectivity index (χ3v) is 4.06. The molecule has 2 atom stereocenters. The SMILES string of the molecule is O=C(NC1CCCC1CCl)c1ccc(Cl)c(F)c1. The molecule has 1 aliphatic carbocycles. The molecular formula is C13H14Cl2FNO. The van der Waals surface area contributed by atoms with E-state index in [9.17, 15) is 9.18 Å². The lowest BCUT2D eigenvalue weighted by atomic mass is 10.1. The molecule has 1 aromatic carbocycles. The molecule has 1 fully saturated rings. The van der Waals surface area contributed by atoms with Crippen LogP contribution < -0.4 is 5.32 Å². The zero-order chi connectivity index (χ0) is 13.1. The predicted molar refractivity (Wildman–Crippen MR) is 70.7 cm³/mol. The molecule has 5 heteroatoms. The van der Waals surface area contributed by atoms with E-state index in [1.54, 1.807) is 0 Å². The minimum Gasteiger partial charge on any atom is -0.349 e. The van der Waals surface area contributed by atoms with E-state index in [2.05, 4.69) is 5.32 Å². The van der Waals surface area contributed by atoms with E-state index in [-0.39, 0.29) is 22.5 Å². The van der Waals surface area contributed by atoms with Crippen LogP contribution in [0.4, 0.5) is 4.39 Å². The monoisotopic (exact) mass is 289 g/mol. The molecule has 0 spiro atoms. The Labute approximate surface area is 115 Å². The van der Waals surface area contributed by atoms with Gasteiger partial charge in [0.15, 0.2) is 0 Å². The number of halogens is 3. The van der Waals surface area contributed by atoms with E-state index in [1.165, 1.54) is 12.1 Å². The van der Waals surface area contributed by atoms with Crippen molar-refractivity contribution in [3.8, 4) is 0 Å². The molecule has 1 N–H and O–H groups in total. The van der Waals surface area contributed by atoms with E-state index >= 15 is 0 Å². The van der Waals surface area contributed by atoms with Gasteiger partial charge in [0.2, 0.25) is 0 Å². The summed E-state index contributed by atoms with van der Waals surface area (Å²) in [6.45, 7) is 0. The molecule has 0 saturated heterocycles. The molecule has 0 aromatic heterocycles. The van der Waals surface area contributed by atoms with Crippen LogP contribution in [0.5, 0.6) is 0 Å². The highest BCUT2D eigenvalue weighted by atomic mass is 35.5. The molecule has 2 nitrogen and oxygen atoms in total. The molecule has 18 heavy (non-hydrogen) atoms. The standard InChI is InChI=1S/C13H14Cl2FNO/c14-7-9-2-1-3-12(9)17-13(18)8-4-5-10(15)11(16)6-8/h4-6,9,12H,1-3,7H2,(H,17,18). The minimum atomic E-state index is -0.579. The second-order valence-corrected chi connectivity index (χ2v) is 5.27. The second kappa shape index (κ2) is 5.89. The summed E-state index contributed by atoms with van der Waals surface area (Å²) >= 11 is 11.4. The highest BCUT2D eigenvalue weighted by Gasteiger charge is 2.28. The third kappa shape index (κ3) is 2.96. The van der Waals surface area contributed by atoms with Crippen LogP contribution in [0.25, 0.3) is 0 Å². The van der Waals surface area contributed by atoms with Crippen molar-refractivity contribution in [1.82, 2.24) is 5.32 Å². The summed E-state index contributed by atoms with van der Waals surface area (Å²) in [5, 5.41) is 2.93. The average Bonchev–Trinajstić information content (AvgIpc) is 2.79. The van der Waals surface area contributed by atoms with Crippen LogP contribution in [0.15, 0.2) is 18.2 Å². The zero-order valence-electron chi connectivity index (χ0n) is 9.76. The van der Waals surface area contributed by atoms with Crippen LogP contribution in [0.1, 0.15) is 29.6 Å². The number of alkyl halides is 1. The quantitative estimate of drug-likeness (QED) is 0.846. The van der Waals surface area contributed by atoms with Gasteiger partial charge in [-0.3, -0.25) is 4.79 Å². The van der Waals surface area contributed by atoms with Crippen molar-refractivity contribution in [3.05, 3.63) is 34.6 Å². The average molecular weight is 290 g/mol. The fraction of sp³-hybridized carbons (Fsp3) is 0.462. The van der Waals surface area contributed by atoms with Crippen molar-refractivity contribution in [1.29, 1.82) is 0 Å². The van der Waals surface area contributed by atoms with Crippen molar-refractivity contribution >= 4 is 29.1 Å². The number of amides is 1. The number of rotatable bonds is 3. The molecule has 1 aromatic rings. The zero-order valence-corrected chi connectivity index (χ0v) is 11.3. The summed E-state index contributed by atoms with van der Waals surface area (Å²) in [5.41, 5.74) is 0.289. The van der Waals surface area contributed by atoms with Crippen LogP contribution in [0.2, 0.25) is 5.02 Å². The Balaban J connectivity index is 2.05. The lowest BCUT2D eigenvalue weighted by Crippen LogP contribution is -2.37. The highest BCUT2D eigenvalue weighted by Crippen LogP contribution is 2.27. The number of hydrogen-bond acceptors (Lipinski definition) is 1. The fourth-order valence-corrected chi connectivity index (χ4v) is 2.79. The smallest absolute Gasteiger partial charge is 0.251 e. The summed E-state index contributed by atoms with van der Waals surface area (Å²) in [7, 11) is 0. The van der Waals surface area contributed by atoms with Crippen molar-refractivity contribution in [2.24, 2.45) is 5.92 Å². The first-order chi connectivity index (χ1) is 8.61. The van der Waals surface area contributed by atoms with Gasteiger partial charge in [-0.2, -0.15) is 0 Å². The Morgan fingerprint density at radius 2 is 2.22 bits per heavy atom. The van der Waals surface area contributed by atoms with E-state index in [0.29, 0.717) is 11.8 Å². The molecule has 0 bridgehead atoms. The fourth-order valence-electron chi connectivity index (χ4n) is 2.30. The maximum Gasteiger partial charge on any atom is 0.251 e. The topological polar surface area (TPSA) is 29.1 Å². The van der Waals surface area contributed by atoms with Gasteiger partial charge >= 0.3 is 0 Å². The number of nitrogens with one attached hydrogen (secondary N) is 1. The van der Waals surface area contributed by atoms with Gasteiger partial charge in [-0.1, -0.05) is 18.0 Å². The molecule has 1 aliphatic rings. The van der Waals surface area contributed by atoms with Crippen LogP contribution in [-0.2, 0) is 0 Å². The number of hydrogen-bond donors (Lipinski definition) is 1. The van der Waals surface area contributed by atoms with Crippen molar-refractivity contribution in [3.63, 3.8) is 0 Å². The Morgan fingerprint density at radius 3 is 2.89 bits per heavy atom. The van der Waals surface area contributed by atoms with E-state index in [4.69, 9.17) is 23.2 Å². The molecule has 1 amide bonds. The van der Waals surface area contributed by atoms with Gasteiger partial charge in [0.1, 0.15) is 5.82 Å². The molecule has 0 aliphatic heterocycles. The molecule has 2 rings (SSSR count). The van der Waals surface area contributed by atoms with Crippen molar-refractivity contribution in [2.75, 3.05) is 5.88 Å². The lowest BCUT2D eigenvalue weighted by molar-refractivity contribution is 0.0929. The van der Waals surface area contributed by atoms with E-state index in [1.807, 2.05) is 0 Å². The van der Waals surface area contributed by atoms with Gasteiger partial charge in [0, 0.05) is 17.5 Å². The second-order valence-electron chi connectivity index (χ2n) is 4.55. The first-order valence-electron chi connectivity index (χ1n) is 5.93. The van der Waals surface area contributed by atoms with Crippen molar-refractivity contribution < 1.29 is 9.18 Å². The molecule has 2 unspecified atom stereocenters. The Kier molecular flexibility index (Phi) is 4.46. The van der Waals surface area contributed by atoms with Crippen LogP contribution >= 0.6 is 23.2 Å². The predicted octanol–water partition coefficient (Wildman–Crippen LogP) is 3.62. The number of carbonyl (C=O) groups excluding carboxylic acids is 1.